The topological polar surface area (TPSA) is 27.7 Å². The molecule has 3 nitrogen and oxygen atoms in total. The number of halogens is 3. The Morgan fingerprint density at radius 3 is 2.11 bits per heavy atom. The maximum absolute atomic E-state index is 15.0. The SMILES string of the molecule is CCCCCCCC1COC(c2ccc(-c3ccc(-c4ccc(OCCC)c(F)c4F)cc3)cc2F)OC1. The average Bonchev–Trinajstić information content (AvgIpc) is 2.94. The van der Waals surface area contributed by atoms with E-state index in [0.717, 1.165) is 12.0 Å². The van der Waals surface area contributed by atoms with Crippen LogP contribution < -0.4 is 4.74 Å². The number of benzene rings is 3. The molecule has 0 aliphatic carbocycles. The van der Waals surface area contributed by atoms with Crippen LogP contribution in [0.4, 0.5) is 13.2 Å². The predicted octanol–water partition coefficient (Wildman–Crippen LogP) is 9.25. The molecule has 3 aromatic carbocycles. The lowest BCUT2D eigenvalue weighted by atomic mass is 9.98. The van der Waals surface area contributed by atoms with Crippen LogP contribution in [0, 0.1) is 23.4 Å². The Morgan fingerprint density at radius 2 is 1.42 bits per heavy atom. The first-order valence-corrected chi connectivity index (χ1v) is 13.8. The van der Waals surface area contributed by atoms with Gasteiger partial charge in [-0.1, -0.05) is 82.3 Å². The molecule has 0 amide bonds. The molecule has 1 aliphatic heterocycles. The lowest BCUT2D eigenvalue weighted by molar-refractivity contribution is -0.207. The highest BCUT2D eigenvalue weighted by atomic mass is 19.2. The smallest absolute Gasteiger partial charge is 0.201 e. The van der Waals surface area contributed by atoms with Gasteiger partial charge in [0.05, 0.1) is 19.8 Å². The Hall–Kier alpha value is -2.83. The zero-order valence-electron chi connectivity index (χ0n) is 22.3. The summed E-state index contributed by atoms with van der Waals surface area (Å²) >= 11 is 0. The van der Waals surface area contributed by atoms with Gasteiger partial charge in [0.25, 0.3) is 0 Å². The molecule has 0 bridgehead atoms. The van der Waals surface area contributed by atoms with Crippen LogP contribution in [0.5, 0.6) is 5.75 Å². The summed E-state index contributed by atoms with van der Waals surface area (Å²) in [5, 5.41) is 0. The van der Waals surface area contributed by atoms with Gasteiger partial charge in [-0.15, -0.1) is 0 Å². The van der Waals surface area contributed by atoms with E-state index in [1.165, 1.54) is 50.3 Å². The summed E-state index contributed by atoms with van der Waals surface area (Å²) in [5.74, 6) is -2.09. The molecule has 3 aromatic rings. The van der Waals surface area contributed by atoms with Crippen molar-refractivity contribution >= 4 is 0 Å². The van der Waals surface area contributed by atoms with E-state index in [-0.39, 0.29) is 11.3 Å². The Morgan fingerprint density at radius 1 is 0.737 bits per heavy atom. The third kappa shape index (κ3) is 6.97. The van der Waals surface area contributed by atoms with Crippen molar-refractivity contribution < 1.29 is 27.4 Å². The van der Waals surface area contributed by atoms with Crippen molar-refractivity contribution in [3.05, 3.63) is 77.6 Å². The van der Waals surface area contributed by atoms with Gasteiger partial charge >= 0.3 is 0 Å². The van der Waals surface area contributed by atoms with E-state index >= 15 is 4.39 Å². The summed E-state index contributed by atoms with van der Waals surface area (Å²) in [6.45, 7) is 5.57. The summed E-state index contributed by atoms with van der Waals surface area (Å²) in [5.41, 5.74) is 2.48. The Bertz CT molecular complexity index is 1170. The fourth-order valence-corrected chi connectivity index (χ4v) is 4.74. The van der Waals surface area contributed by atoms with Gasteiger partial charge in [0.2, 0.25) is 5.82 Å². The molecular formula is C32H37F3O3. The van der Waals surface area contributed by atoms with Crippen LogP contribution in [-0.2, 0) is 9.47 Å². The fourth-order valence-electron chi connectivity index (χ4n) is 4.74. The molecule has 0 unspecified atom stereocenters. The van der Waals surface area contributed by atoms with Crippen molar-refractivity contribution in [2.24, 2.45) is 5.92 Å². The highest BCUT2D eigenvalue weighted by Gasteiger charge is 2.25. The van der Waals surface area contributed by atoms with E-state index in [1.807, 2.05) is 13.0 Å². The molecule has 0 atom stereocenters. The minimum Gasteiger partial charge on any atom is -0.490 e. The summed E-state index contributed by atoms with van der Waals surface area (Å²) in [6.07, 6.45) is 7.25. The van der Waals surface area contributed by atoms with Gasteiger partial charge in [-0.3, -0.25) is 0 Å². The zero-order valence-corrected chi connectivity index (χ0v) is 22.3. The normalized spacial score (nSPS) is 17.5. The first-order chi connectivity index (χ1) is 18.5. The third-order valence-electron chi connectivity index (χ3n) is 6.97. The van der Waals surface area contributed by atoms with Gasteiger partial charge in [0, 0.05) is 17.0 Å². The molecular weight excluding hydrogens is 489 g/mol. The highest BCUT2D eigenvalue weighted by molar-refractivity contribution is 5.71. The number of unbranched alkanes of at least 4 members (excludes halogenated alkanes) is 4. The first-order valence-electron chi connectivity index (χ1n) is 13.8. The first kappa shape index (κ1) is 28.2. The van der Waals surface area contributed by atoms with Crippen molar-refractivity contribution in [1.82, 2.24) is 0 Å². The van der Waals surface area contributed by atoms with Crippen LogP contribution in [-0.4, -0.2) is 19.8 Å². The molecule has 0 saturated carbocycles. The van der Waals surface area contributed by atoms with Gasteiger partial charge in [-0.05, 0) is 47.7 Å². The Labute approximate surface area is 223 Å². The molecule has 0 spiro atoms. The highest BCUT2D eigenvalue weighted by Crippen LogP contribution is 2.34. The average molecular weight is 527 g/mol. The minimum absolute atomic E-state index is 0.0934. The number of hydrogen-bond donors (Lipinski definition) is 0. The minimum atomic E-state index is -0.997. The van der Waals surface area contributed by atoms with E-state index in [0.29, 0.717) is 48.8 Å². The van der Waals surface area contributed by atoms with Crippen molar-refractivity contribution in [2.75, 3.05) is 19.8 Å². The van der Waals surface area contributed by atoms with Crippen LogP contribution in [0.15, 0.2) is 54.6 Å². The van der Waals surface area contributed by atoms with E-state index in [9.17, 15) is 8.78 Å². The second-order valence-corrected chi connectivity index (χ2v) is 9.97. The standard InChI is InChI=1S/C32H37F3O3/c1-3-5-6-7-8-9-22-20-37-32(38-21-22)27-15-14-25(19-28(27)33)23-10-12-24(13-11-23)26-16-17-29(36-18-4-2)31(35)30(26)34/h10-17,19,22,32H,3-9,18,20-21H2,1-2H3. The van der Waals surface area contributed by atoms with Crippen molar-refractivity contribution in [3.63, 3.8) is 0 Å². The molecule has 0 aromatic heterocycles. The molecule has 4 rings (SSSR count). The quantitative estimate of drug-likeness (QED) is 0.220. The second-order valence-electron chi connectivity index (χ2n) is 9.97. The van der Waals surface area contributed by atoms with Crippen molar-refractivity contribution in [1.29, 1.82) is 0 Å². The monoisotopic (exact) mass is 526 g/mol. The fraction of sp³-hybridized carbons (Fsp3) is 0.438. The molecule has 1 saturated heterocycles. The number of rotatable bonds is 12. The van der Waals surface area contributed by atoms with E-state index < -0.39 is 23.7 Å². The van der Waals surface area contributed by atoms with Crippen LogP contribution >= 0.6 is 0 Å². The number of hydrogen-bond acceptors (Lipinski definition) is 3. The third-order valence-corrected chi connectivity index (χ3v) is 6.97. The maximum atomic E-state index is 15.0. The molecule has 1 heterocycles. The molecule has 204 valence electrons. The molecule has 6 heteroatoms. The predicted molar refractivity (Wildman–Crippen MR) is 144 cm³/mol. The van der Waals surface area contributed by atoms with Crippen LogP contribution in [0.3, 0.4) is 0 Å². The summed E-state index contributed by atoms with van der Waals surface area (Å²) < 4.78 is 61.1. The van der Waals surface area contributed by atoms with Gasteiger partial charge in [-0.2, -0.15) is 4.39 Å². The summed E-state index contributed by atoms with van der Waals surface area (Å²) in [6, 6.07) is 14.8. The van der Waals surface area contributed by atoms with Crippen LogP contribution in [0.1, 0.15) is 70.6 Å². The lowest BCUT2D eigenvalue weighted by Gasteiger charge is -2.30. The van der Waals surface area contributed by atoms with Crippen LogP contribution in [0.25, 0.3) is 22.3 Å². The summed E-state index contributed by atoms with van der Waals surface area (Å²) in [4.78, 5) is 0. The van der Waals surface area contributed by atoms with E-state index in [2.05, 4.69) is 6.92 Å². The molecule has 0 radical (unpaired) electrons. The van der Waals surface area contributed by atoms with Gasteiger partial charge in [0.15, 0.2) is 17.9 Å². The second kappa shape index (κ2) is 13.8. The number of ether oxygens (including phenoxy) is 3. The zero-order chi connectivity index (χ0) is 26.9. The Kier molecular flexibility index (Phi) is 10.2. The van der Waals surface area contributed by atoms with Gasteiger partial charge in [0.1, 0.15) is 5.82 Å². The van der Waals surface area contributed by atoms with Crippen molar-refractivity contribution in [2.45, 2.75) is 65.1 Å². The van der Waals surface area contributed by atoms with Gasteiger partial charge < -0.3 is 14.2 Å². The Balaban J connectivity index is 1.38. The van der Waals surface area contributed by atoms with E-state index in [4.69, 9.17) is 14.2 Å². The maximum Gasteiger partial charge on any atom is 0.201 e. The van der Waals surface area contributed by atoms with Crippen molar-refractivity contribution in [3.8, 4) is 28.0 Å². The summed E-state index contributed by atoms with van der Waals surface area (Å²) in [7, 11) is 0. The molecule has 0 N–H and O–H groups in total. The van der Waals surface area contributed by atoms with Crippen LogP contribution in [0.2, 0.25) is 0 Å². The molecule has 1 fully saturated rings. The van der Waals surface area contributed by atoms with E-state index in [1.54, 1.807) is 30.3 Å². The molecule has 38 heavy (non-hydrogen) atoms. The largest absolute Gasteiger partial charge is 0.490 e. The van der Waals surface area contributed by atoms with Gasteiger partial charge in [-0.25, -0.2) is 8.78 Å². The molecule has 1 aliphatic rings. The lowest BCUT2D eigenvalue weighted by Crippen LogP contribution is -2.27.